The molecule has 0 saturated carbocycles. The van der Waals surface area contributed by atoms with Crippen LogP contribution in [0.25, 0.3) is 0 Å². The molecule has 0 bridgehead atoms. The van der Waals surface area contributed by atoms with E-state index in [1.807, 2.05) is 0 Å². The van der Waals surface area contributed by atoms with Gasteiger partial charge in [-0.2, -0.15) is 11.8 Å². The Morgan fingerprint density at radius 2 is 1.42 bits per heavy atom. The maximum Gasteiger partial charge on any atom is 1.00 e. The SMILES string of the molecule is CC[CH-]C(C)(C)CC(C)(C)C.[K+]. The number of hydrogen-bond donors (Lipinski definition) is 0. The number of hydrogen-bond acceptors (Lipinski definition) is 0. The second-order valence-corrected chi connectivity index (χ2v) is 5.34. The summed E-state index contributed by atoms with van der Waals surface area (Å²) in [6.07, 6.45) is 4.87. The molecule has 0 heterocycles. The van der Waals surface area contributed by atoms with Crippen LogP contribution < -0.4 is 51.4 Å². The van der Waals surface area contributed by atoms with Gasteiger partial charge in [-0.3, -0.25) is 0 Å². The standard InChI is InChI=1S/C11H23.K/c1-7-8-11(5,6)9-10(2,3)4;/h8H,7,9H2,1-6H3;/q-1;+1. The molecule has 0 amide bonds. The fraction of sp³-hybridized carbons (Fsp3) is 0.909. The van der Waals surface area contributed by atoms with Gasteiger partial charge in [0.1, 0.15) is 0 Å². The van der Waals surface area contributed by atoms with Crippen molar-refractivity contribution in [2.24, 2.45) is 10.8 Å². The smallest absolute Gasteiger partial charge is 0.323 e. The Labute approximate surface area is 121 Å². The van der Waals surface area contributed by atoms with Gasteiger partial charge in [-0.25, -0.2) is 0 Å². The van der Waals surface area contributed by atoms with Crippen molar-refractivity contribution in [2.75, 3.05) is 0 Å². The minimum Gasteiger partial charge on any atom is -0.323 e. The van der Waals surface area contributed by atoms with E-state index < -0.39 is 0 Å². The van der Waals surface area contributed by atoms with Crippen LogP contribution in [0.4, 0.5) is 0 Å². The van der Waals surface area contributed by atoms with Gasteiger partial charge in [-0.05, 0) is 5.41 Å². The Kier molecular flexibility index (Phi) is 8.28. The van der Waals surface area contributed by atoms with Crippen LogP contribution in [-0.4, -0.2) is 0 Å². The van der Waals surface area contributed by atoms with E-state index in [0.29, 0.717) is 10.8 Å². The van der Waals surface area contributed by atoms with E-state index in [1.165, 1.54) is 12.8 Å². The fourth-order valence-electron chi connectivity index (χ4n) is 1.99. The zero-order valence-corrected chi connectivity index (χ0v) is 13.1. The second-order valence-electron chi connectivity index (χ2n) is 5.34. The van der Waals surface area contributed by atoms with Crippen LogP contribution in [0.15, 0.2) is 0 Å². The second kappa shape index (κ2) is 6.18. The molecule has 0 atom stereocenters. The van der Waals surface area contributed by atoms with E-state index in [2.05, 4.69) is 48.0 Å². The molecule has 1 heteroatoms. The van der Waals surface area contributed by atoms with Crippen molar-refractivity contribution >= 4 is 0 Å². The first-order valence-corrected chi connectivity index (χ1v) is 4.61. The first-order chi connectivity index (χ1) is 4.77. The van der Waals surface area contributed by atoms with Crippen molar-refractivity contribution in [1.82, 2.24) is 0 Å². The average molecular weight is 194 g/mol. The third kappa shape index (κ3) is 9.72. The molecule has 12 heavy (non-hydrogen) atoms. The summed E-state index contributed by atoms with van der Waals surface area (Å²) in [5.41, 5.74) is 0.863. The van der Waals surface area contributed by atoms with Crippen LogP contribution in [0, 0.1) is 17.3 Å². The molecule has 0 aliphatic carbocycles. The zero-order chi connectivity index (χ0) is 9.12. The minimum absolute atomic E-state index is 0. The summed E-state index contributed by atoms with van der Waals surface area (Å²) in [4.78, 5) is 0. The molecule has 0 aliphatic heterocycles. The molecule has 0 N–H and O–H groups in total. The number of rotatable bonds is 3. The molecular formula is C11H23K. The molecule has 0 rings (SSSR count). The van der Waals surface area contributed by atoms with Gasteiger partial charge in [0.25, 0.3) is 0 Å². The van der Waals surface area contributed by atoms with Gasteiger partial charge in [-0.1, -0.05) is 48.0 Å². The fourth-order valence-corrected chi connectivity index (χ4v) is 1.99. The van der Waals surface area contributed by atoms with Gasteiger partial charge < -0.3 is 6.42 Å². The summed E-state index contributed by atoms with van der Waals surface area (Å²) in [6, 6.07) is 0. The normalized spacial score (nSPS) is 12.5. The summed E-state index contributed by atoms with van der Waals surface area (Å²) < 4.78 is 0. The molecule has 0 saturated heterocycles. The van der Waals surface area contributed by atoms with Crippen molar-refractivity contribution < 1.29 is 51.4 Å². The van der Waals surface area contributed by atoms with Crippen molar-refractivity contribution in [3.8, 4) is 0 Å². The molecule has 0 nitrogen and oxygen atoms in total. The monoisotopic (exact) mass is 194 g/mol. The van der Waals surface area contributed by atoms with Crippen LogP contribution in [-0.2, 0) is 0 Å². The van der Waals surface area contributed by atoms with Gasteiger partial charge in [0.15, 0.2) is 0 Å². The van der Waals surface area contributed by atoms with Gasteiger partial charge in [0.05, 0.1) is 0 Å². The third-order valence-corrected chi connectivity index (χ3v) is 1.74. The quantitative estimate of drug-likeness (QED) is 0.466. The van der Waals surface area contributed by atoms with E-state index in [0.717, 1.165) is 0 Å². The Morgan fingerprint density at radius 3 is 1.67 bits per heavy atom. The summed E-state index contributed by atoms with van der Waals surface area (Å²) in [5.74, 6) is 0. The third-order valence-electron chi connectivity index (χ3n) is 1.74. The van der Waals surface area contributed by atoms with E-state index >= 15 is 0 Å². The summed E-state index contributed by atoms with van der Waals surface area (Å²) in [7, 11) is 0. The summed E-state index contributed by atoms with van der Waals surface area (Å²) in [5, 5.41) is 0. The molecule has 0 radical (unpaired) electrons. The van der Waals surface area contributed by atoms with Gasteiger partial charge >= 0.3 is 51.4 Å². The molecule has 0 aromatic heterocycles. The molecule has 0 spiro atoms. The largest absolute Gasteiger partial charge is 1.00 e. The average Bonchev–Trinajstić information content (AvgIpc) is 1.55. The van der Waals surface area contributed by atoms with Crippen molar-refractivity contribution in [3.63, 3.8) is 0 Å². The van der Waals surface area contributed by atoms with Crippen LogP contribution in [0.3, 0.4) is 0 Å². The van der Waals surface area contributed by atoms with E-state index in [-0.39, 0.29) is 51.4 Å². The van der Waals surface area contributed by atoms with E-state index in [1.54, 1.807) is 0 Å². The van der Waals surface area contributed by atoms with E-state index in [9.17, 15) is 0 Å². The Bertz CT molecular complexity index is 109. The molecule has 0 aliphatic rings. The Balaban J connectivity index is 0. The van der Waals surface area contributed by atoms with Crippen molar-refractivity contribution in [3.05, 3.63) is 6.42 Å². The van der Waals surface area contributed by atoms with E-state index in [4.69, 9.17) is 0 Å². The first-order valence-electron chi connectivity index (χ1n) is 4.61. The molecule has 0 aromatic rings. The van der Waals surface area contributed by atoms with Crippen LogP contribution >= 0.6 is 0 Å². The molecule has 0 aromatic carbocycles. The zero-order valence-electron chi connectivity index (χ0n) is 9.99. The maximum absolute atomic E-state index is 2.41. The van der Waals surface area contributed by atoms with Crippen LogP contribution in [0.5, 0.6) is 0 Å². The summed E-state index contributed by atoms with van der Waals surface area (Å²) >= 11 is 0. The van der Waals surface area contributed by atoms with Gasteiger partial charge in [-0.15, -0.1) is 0 Å². The summed E-state index contributed by atoms with van der Waals surface area (Å²) in [6.45, 7) is 13.8. The maximum atomic E-state index is 2.41. The Morgan fingerprint density at radius 1 is 1.00 bits per heavy atom. The molecular weight excluding hydrogens is 171 g/mol. The van der Waals surface area contributed by atoms with Crippen LogP contribution in [0.2, 0.25) is 0 Å². The topological polar surface area (TPSA) is 0 Å². The minimum atomic E-state index is 0. The van der Waals surface area contributed by atoms with Crippen molar-refractivity contribution in [1.29, 1.82) is 0 Å². The first kappa shape index (κ1) is 16.1. The van der Waals surface area contributed by atoms with Gasteiger partial charge in [0, 0.05) is 0 Å². The predicted molar refractivity (Wildman–Crippen MR) is 52.4 cm³/mol. The Hall–Kier alpha value is 1.64. The van der Waals surface area contributed by atoms with Crippen LogP contribution in [0.1, 0.15) is 54.4 Å². The molecule has 68 valence electrons. The predicted octanol–water partition coefficient (Wildman–Crippen LogP) is 1.07. The molecule has 0 fully saturated rings. The molecule has 0 unspecified atom stereocenters. The van der Waals surface area contributed by atoms with Gasteiger partial charge in [0.2, 0.25) is 0 Å². The van der Waals surface area contributed by atoms with Crippen molar-refractivity contribution in [2.45, 2.75) is 54.4 Å².